The Morgan fingerprint density at radius 1 is 1.23 bits per heavy atom. The average Bonchev–Trinajstić information content (AvgIpc) is 2.47. The van der Waals surface area contributed by atoms with Crippen molar-refractivity contribution in [1.29, 1.82) is 0 Å². The summed E-state index contributed by atoms with van der Waals surface area (Å²) in [4.78, 5) is 17.8. The van der Waals surface area contributed by atoms with Gasteiger partial charge in [0.2, 0.25) is 10.3 Å². The molecule has 0 bridgehead atoms. The lowest BCUT2D eigenvalue weighted by Crippen LogP contribution is -2.12. The zero-order chi connectivity index (χ0) is 16.0. The van der Waals surface area contributed by atoms with Crippen molar-refractivity contribution in [1.82, 2.24) is 9.97 Å². The standard InChI is InChI=1S/C12H7N3O6S/c16-11-12(17)14-10-5-2-1-3-8(22(20)21)9(5)7(15(18)19)4-6(10)13-11/h1-2,4H,3H2,(H,13,16)(H,14,17). The maximum Gasteiger partial charge on any atom is 0.280 e. The molecule has 22 heavy (non-hydrogen) atoms. The first kappa shape index (κ1) is 13.9. The van der Waals surface area contributed by atoms with E-state index >= 15 is 0 Å². The molecule has 1 aromatic heterocycles. The lowest BCUT2D eigenvalue weighted by molar-refractivity contribution is -0.384. The number of hydrogen-bond donors (Lipinski definition) is 2. The van der Waals surface area contributed by atoms with E-state index in [2.05, 4.69) is 9.97 Å². The Labute approximate surface area is 123 Å². The summed E-state index contributed by atoms with van der Waals surface area (Å²) in [7, 11) is -2.64. The van der Waals surface area contributed by atoms with Gasteiger partial charge in [0.15, 0.2) is 0 Å². The van der Waals surface area contributed by atoms with Gasteiger partial charge >= 0.3 is 0 Å². The summed E-state index contributed by atoms with van der Waals surface area (Å²) in [5, 5.41) is 30.1. The lowest BCUT2D eigenvalue weighted by Gasteiger charge is -2.13. The van der Waals surface area contributed by atoms with E-state index in [1.165, 1.54) is 12.2 Å². The van der Waals surface area contributed by atoms with Gasteiger partial charge in [-0.1, -0.05) is 12.2 Å². The molecule has 1 aromatic carbocycles. The fraction of sp³-hybridized carbons (Fsp3) is 0.0833. The minimum atomic E-state index is -2.64. The third kappa shape index (κ3) is 1.97. The number of nitrogens with zero attached hydrogens (tertiary/aromatic N) is 3. The summed E-state index contributed by atoms with van der Waals surface area (Å²) in [5.74, 6) is -1.51. The van der Waals surface area contributed by atoms with Crippen LogP contribution in [0.4, 0.5) is 5.69 Å². The highest BCUT2D eigenvalue weighted by Gasteiger charge is 2.28. The highest BCUT2D eigenvalue weighted by atomic mass is 32.2. The molecule has 112 valence electrons. The number of nitro groups is 1. The summed E-state index contributed by atoms with van der Waals surface area (Å²) in [6, 6.07) is 1.02. The van der Waals surface area contributed by atoms with E-state index in [1.807, 2.05) is 0 Å². The highest BCUT2D eigenvalue weighted by Crippen LogP contribution is 2.36. The van der Waals surface area contributed by atoms with Crippen LogP contribution in [0.3, 0.4) is 0 Å². The second-order valence-electron chi connectivity index (χ2n) is 4.44. The van der Waals surface area contributed by atoms with Crippen LogP contribution in [0.5, 0.6) is 11.8 Å². The van der Waals surface area contributed by atoms with E-state index in [9.17, 15) is 28.7 Å². The molecule has 9 nitrogen and oxygen atoms in total. The van der Waals surface area contributed by atoms with Crippen molar-refractivity contribution in [3.63, 3.8) is 0 Å². The molecule has 10 heteroatoms. The number of rotatable bonds is 1. The van der Waals surface area contributed by atoms with Crippen LogP contribution in [0.15, 0.2) is 12.1 Å². The highest BCUT2D eigenvalue weighted by molar-refractivity contribution is 7.73. The first-order valence-electron chi connectivity index (χ1n) is 5.93. The Hall–Kier alpha value is -3.01. The van der Waals surface area contributed by atoms with E-state index in [0.29, 0.717) is 0 Å². The van der Waals surface area contributed by atoms with Crippen LogP contribution in [0.2, 0.25) is 0 Å². The smallest absolute Gasteiger partial charge is 0.280 e. The molecular formula is C12H7N3O6S. The van der Waals surface area contributed by atoms with Gasteiger partial charge in [-0.05, 0) is 0 Å². The quantitative estimate of drug-likeness (QED) is 0.445. The molecule has 0 radical (unpaired) electrons. The van der Waals surface area contributed by atoms with Crippen molar-refractivity contribution in [2.45, 2.75) is 6.42 Å². The molecule has 0 unspecified atom stereocenters. The molecular weight excluding hydrogens is 314 g/mol. The second-order valence-corrected chi connectivity index (χ2v) is 5.41. The van der Waals surface area contributed by atoms with Gasteiger partial charge in [0.05, 0.1) is 15.4 Å². The molecule has 0 spiro atoms. The largest absolute Gasteiger partial charge is 0.489 e. The third-order valence-electron chi connectivity index (χ3n) is 3.21. The number of nitro benzene ring substituents is 1. The van der Waals surface area contributed by atoms with Gasteiger partial charge in [-0.15, -0.1) is 0 Å². The molecule has 0 saturated heterocycles. The molecule has 1 aliphatic rings. The number of aromatic nitrogens is 2. The van der Waals surface area contributed by atoms with E-state index in [0.717, 1.165) is 6.07 Å². The number of fused-ring (bicyclic) bond motifs is 3. The van der Waals surface area contributed by atoms with Gasteiger partial charge in [0, 0.05) is 18.1 Å². The van der Waals surface area contributed by atoms with Crippen molar-refractivity contribution in [2.75, 3.05) is 0 Å². The van der Waals surface area contributed by atoms with Gasteiger partial charge in [0.1, 0.15) is 11.0 Å². The predicted molar refractivity (Wildman–Crippen MR) is 76.2 cm³/mol. The lowest BCUT2D eigenvalue weighted by atomic mass is 9.94. The molecule has 0 saturated carbocycles. The monoisotopic (exact) mass is 321 g/mol. The van der Waals surface area contributed by atoms with Crippen molar-refractivity contribution >= 4 is 38.0 Å². The number of benzene rings is 1. The summed E-state index contributed by atoms with van der Waals surface area (Å²) < 4.78 is 22.7. The SMILES string of the molecule is O=[N+]([O-])c1cc2nc(O)c(O)nc2c2c1C(=S(=O)=O)CC=C2. The Morgan fingerprint density at radius 3 is 2.55 bits per heavy atom. The van der Waals surface area contributed by atoms with Crippen molar-refractivity contribution in [3.05, 3.63) is 33.4 Å². The average molecular weight is 321 g/mol. The number of hydrogen-bond acceptors (Lipinski definition) is 8. The van der Waals surface area contributed by atoms with E-state index in [1.54, 1.807) is 0 Å². The maximum atomic E-state index is 11.3. The molecule has 3 rings (SSSR count). The molecule has 1 aliphatic carbocycles. The summed E-state index contributed by atoms with van der Waals surface area (Å²) in [6.45, 7) is 0. The first-order valence-corrected chi connectivity index (χ1v) is 7.00. The van der Waals surface area contributed by atoms with Crippen LogP contribution < -0.4 is 0 Å². The summed E-state index contributed by atoms with van der Waals surface area (Å²) in [5.41, 5.74) is -0.325. The van der Waals surface area contributed by atoms with E-state index in [4.69, 9.17) is 0 Å². The Balaban J connectivity index is 2.58. The molecule has 2 aromatic rings. The van der Waals surface area contributed by atoms with Crippen LogP contribution in [-0.2, 0) is 10.3 Å². The first-order chi connectivity index (χ1) is 10.4. The second kappa shape index (κ2) is 4.77. The minimum absolute atomic E-state index is 0.0208. The molecule has 0 atom stereocenters. The zero-order valence-electron chi connectivity index (χ0n) is 10.7. The van der Waals surface area contributed by atoms with Gasteiger partial charge < -0.3 is 10.2 Å². The molecule has 2 N–H and O–H groups in total. The third-order valence-corrected chi connectivity index (χ3v) is 3.98. The fourth-order valence-corrected chi connectivity index (χ4v) is 2.94. The molecule has 1 heterocycles. The van der Waals surface area contributed by atoms with Crippen LogP contribution in [-0.4, -0.2) is 38.4 Å². The molecule has 0 amide bonds. The Kier molecular flexibility index (Phi) is 3.03. The minimum Gasteiger partial charge on any atom is -0.489 e. The predicted octanol–water partition coefficient (Wildman–Crippen LogP) is 0.766. The maximum absolute atomic E-state index is 11.3. The van der Waals surface area contributed by atoms with Crippen molar-refractivity contribution in [2.24, 2.45) is 0 Å². The number of allylic oxidation sites excluding steroid dienone is 1. The van der Waals surface area contributed by atoms with Crippen molar-refractivity contribution in [3.8, 4) is 11.8 Å². The van der Waals surface area contributed by atoms with Crippen LogP contribution in [0.1, 0.15) is 17.5 Å². The van der Waals surface area contributed by atoms with Gasteiger partial charge in [-0.2, -0.15) is 8.42 Å². The van der Waals surface area contributed by atoms with Gasteiger partial charge in [-0.25, -0.2) is 9.97 Å². The Bertz CT molecular complexity index is 1000. The van der Waals surface area contributed by atoms with Crippen LogP contribution in [0.25, 0.3) is 17.1 Å². The van der Waals surface area contributed by atoms with E-state index < -0.39 is 32.7 Å². The summed E-state index contributed by atoms with van der Waals surface area (Å²) in [6.07, 6.45) is 3.02. The van der Waals surface area contributed by atoms with Crippen LogP contribution in [0, 0.1) is 10.1 Å². The topological polar surface area (TPSA) is 144 Å². The number of aromatic hydroxyl groups is 2. The Morgan fingerprint density at radius 2 is 1.91 bits per heavy atom. The normalized spacial score (nSPS) is 13.2. The van der Waals surface area contributed by atoms with E-state index in [-0.39, 0.29) is 33.4 Å². The van der Waals surface area contributed by atoms with Gasteiger partial charge in [-0.3, -0.25) is 10.1 Å². The molecule has 0 aliphatic heterocycles. The zero-order valence-corrected chi connectivity index (χ0v) is 11.5. The van der Waals surface area contributed by atoms with Crippen molar-refractivity contribution < 1.29 is 23.6 Å². The van der Waals surface area contributed by atoms with Gasteiger partial charge in [0.25, 0.3) is 17.4 Å². The summed E-state index contributed by atoms with van der Waals surface area (Å²) >= 11 is 0. The molecule has 0 fully saturated rings. The van der Waals surface area contributed by atoms with Crippen LogP contribution >= 0.6 is 0 Å². The fourth-order valence-electron chi connectivity index (χ4n) is 2.32.